The summed E-state index contributed by atoms with van der Waals surface area (Å²) < 4.78 is 78.5. The predicted octanol–water partition coefficient (Wildman–Crippen LogP) is 6.91. The lowest BCUT2D eigenvalue weighted by molar-refractivity contribution is -0.384. The van der Waals surface area contributed by atoms with Crippen LogP contribution in [0.25, 0.3) is 11.0 Å². The third-order valence-corrected chi connectivity index (χ3v) is 18.2. The zero-order valence-electron chi connectivity index (χ0n) is 39.4. The first-order valence-corrected chi connectivity index (χ1v) is 26.2. The second kappa shape index (κ2) is 17.6. The molecule has 0 bridgehead atoms. The van der Waals surface area contributed by atoms with Gasteiger partial charge >= 0.3 is 0 Å². The minimum atomic E-state index is -4.85. The molecule has 2 aromatic heterocycles. The number of H-pyrrole nitrogens is 1. The summed E-state index contributed by atoms with van der Waals surface area (Å²) in [6.07, 6.45) is 5.23. The van der Waals surface area contributed by atoms with Crippen LogP contribution in [0, 0.1) is 22.5 Å². The van der Waals surface area contributed by atoms with Gasteiger partial charge in [0.05, 0.1) is 64.7 Å². The van der Waals surface area contributed by atoms with Crippen molar-refractivity contribution in [3.63, 3.8) is 0 Å². The Labute approximate surface area is 410 Å². The largest absolute Gasteiger partial charge is 0.489 e. The van der Waals surface area contributed by atoms with Crippen molar-refractivity contribution >= 4 is 55.2 Å². The Hall–Kier alpha value is -6.06. The summed E-state index contributed by atoms with van der Waals surface area (Å²) in [5, 5.41) is 16.7. The summed E-state index contributed by atoms with van der Waals surface area (Å²) in [7, 11) is -4.85. The number of halogens is 1. The molecule has 1 saturated carbocycles. The van der Waals surface area contributed by atoms with Crippen molar-refractivity contribution < 1.29 is 46.2 Å². The highest BCUT2D eigenvalue weighted by atomic mass is 32.2. The Morgan fingerprint density at radius 1 is 0.930 bits per heavy atom. The number of pyridine rings is 1. The zero-order valence-corrected chi connectivity index (χ0v) is 40.3. The second-order valence-electron chi connectivity index (χ2n) is 20.3. The highest BCUT2D eigenvalue weighted by molar-refractivity contribution is 7.91. The maximum absolute atomic E-state index is 16.3. The number of nitro groups is 1. The molecule has 7 aliphatic rings. The van der Waals surface area contributed by atoms with Crippen LogP contribution in [0.4, 0.5) is 32.8 Å². The molecule has 20 heteroatoms. The van der Waals surface area contributed by atoms with Gasteiger partial charge in [0.1, 0.15) is 34.6 Å². The SMILES string of the molecule is Cc1ccccc1[C@@H]1COCCN1C1CC2(CCN(c3ccc(C(N)=O)c(N4c5cc6cc[nH]c6nc5O[C@H]5COCC[C@@H]54)c3S(=O)(=O)c3cc4c(c([N+](=O)[O-])c3)N[C@@H](C3(F)CCOCC3)CO4)CC2)C1. The van der Waals surface area contributed by atoms with E-state index < -0.39 is 55.1 Å². The number of hydrogen-bond donors (Lipinski definition) is 3. The Morgan fingerprint density at radius 3 is 2.49 bits per heavy atom. The molecular formula is C51H57FN8O10S. The van der Waals surface area contributed by atoms with Crippen LogP contribution in [0.3, 0.4) is 0 Å². The van der Waals surface area contributed by atoms with Crippen LogP contribution in [0.5, 0.6) is 11.6 Å². The number of aromatic nitrogens is 2. The van der Waals surface area contributed by atoms with E-state index in [0.29, 0.717) is 62.4 Å². The van der Waals surface area contributed by atoms with Crippen LogP contribution in [0.1, 0.15) is 72.5 Å². The van der Waals surface area contributed by atoms with E-state index in [1.807, 2.05) is 17.0 Å². The number of piperidine rings is 1. The number of carbonyl (C=O) groups excluding carboxylic acids is 1. The fourth-order valence-corrected chi connectivity index (χ4v) is 14.2. The van der Waals surface area contributed by atoms with Crippen LogP contribution in [0.15, 0.2) is 76.7 Å². The molecule has 4 saturated heterocycles. The van der Waals surface area contributed by atoms with Crippen LogP contribution in [-0.4, -0.2) is 130 Å². The molecule has 3 aromatic carbocycles. The molecule has 0 unspecified atom stereocenters. The lowest BCUT2D eigenvalue weighted by Crippen LogP contribution is -2.58. The van der Waals surface area contributed by atoms with E-state index in [1.165, 1.54) is 17.2 Å². The van der Waals surface area contributed by atoms with Gasteiger partial charge < -0.3 is 49.5 Å². The first-order valence-electron chi connectivity index (χ1n) is 24.7. The number of carbonyl (C=O) groups is 1. The Kier molecular flexibility index (Phi) is 11.4. The molecular weight excluding hydrogens is 936 g/mol. The third-order valence-electron chi connectivity index (χ3n) is 16.4. The number of alkyl halides is 1. The van der Waals surface area contributed by atoms with E-state index in [0.717, 1.165) is 43.7 Å². The van der Waals surface area contributed by atoms with Crippen molar-refractivity contribution in [2.24, 2.45) is 11.1 Å². The summed E-state index contributed by atoms with van der Waals surface area (Å²) in [6, 6.07) is 16.7. The molecule has 12 rings (SSSR count). The molecule has 4 N–H and O–H groups in total. The van der Waals surface area contributed by atoms with Gasteiger partial charge in [-0.3, -0.25) is 19.8 Å². The number of amides is 1. The Balaban J connectivity index is 0.960. The van der Waals surface area contributed by atoms with Crippen LogP contribution < -0.4 is 30.3 Å². The van der Waals surface area contributed by atoms with Gasteiger partial charge in [-0.2, -0.15) is 4.98 Å². The topological polar surface area (TPSA) is 217 Å². The van der Waals surface area contributed by atoms with Gasteiger partial charge in [-0.15, -0.1) is 0 Å². The molecule has 374 valence electrons. The zero-order chi connectivity index (χ0) is 48.8. The molecule has 1 amide bonds. The quantitative estimate of drug-likeness (QED) is 0.101. The highest BCUT2D eigenvalue weighted by Crippen LogP contribution is 2.56. The fourth-order valence-electron chi connectivity index (χ4n) is 12.5. The number of nitrogens with zero attached hydrogens (tertiary/aromatic N) is 5. The number of nitrogens with two attached hydrogens (primary N) is 1. The number of aromatic amines is 1. The number of nitrogens with one attached hydrogen (secondary N) is 2. The standard InChI is InChI=1S/C51H57FN8O10S/c1-30-4-2-3-5-34(30)40-27-68-21-17-58(40)32-25-50(26-32)10-15-57(16-11-50)37-7-6-35(47(53)61)45(59-36-9-18-67-28-42(36)70-49-39(59)22-31-8-14-54-48(31)56-49)46(37)71(64,65)33-23-38(60(62)63)44-41(24-33)69-29-43(55-44)51(52)12-19-66-20-13-51/h2-8,14,22-24,32,36,40,42-43,55H,9-13,15-21,25-29H2,1H3,(H2,53,61)(H,54,56)/t36-,40-,42-,43+/m0/s1. The molecule has 71 heavy (non-hydrogen) atoms. The van der Waals surface area contributed by atoms with Gasteiger partial charge in [-0.05, 0) is 79.8 Å². The van der Waals surface area contributed by atoms with E-state index in [-0.39, 0.29) is 84.2 Å². The van der Waals surface area contributed by atoms with Crippen molar-refractivity contribution in [3.8, 4) is 11.6 Å². The number of ether oxygens (including phenoxy) is 5. The lowest BCUT2D eigenvalue weighted by Gasteiger charge is -2.57. The molecule has 1 aliphatic carbocycles. The summed E-state index contributed by atoms with van der Waals surface area (Å²) in [4.78, 5) is 40.0. The van der Waals surface area contributed by atoms with Gasteiger partial charge in [0.25, 0.3) is 11.6 Å². The second-order valence-corrected chi connectivity index (χ2v) is 22.2. The van der Waals surface area contributed by atoms with Gasteiger partial charge in [-0.1, -0.05) is 24.3 Å². The summed E-state index contributed by atoms with van der Waals surface area (Å²) in [5.41, 5.74) is 7.61. The monoisotopic (exact) mass is 992 g/mol. The molecule has 4 atom stereocenters. The number of morpholine rings is 1. The molecule has 6 aliphatic heterocycles. The third kappa shape index (κ3) is 7.84. The molecule has 5 aromatic rings. The first kappa shape index (κ1) is 46.0. The highest BCUT2D eigenvalue weighted by Gasteiger charge is 2.52. The van der Waals surface area contributed by atoms with E-state index in [9.17, 15) is 14.9 Å². The number of benzene rings is 3. The average Bonchev–Trinajstić information content (AvgIpc) is 3.83. The minimum absolute atomic E-state index is 0.0186. The van der Waals surface area contributed by atoms with Gasteiger partial charge in [0.15, 0.2) is 11.4 Å². The Morgan fingerprint density at radius 2 is 1.72 bits per heavy atom. The number of fused-ring (bicyclic) bond motifs is 4. The van der Waals surface area contributed by atoms with Crippen LogP contribution in [0.2, 0.25) is 0 Å². The van der Waals surface area contributed by atoms with E-state index >= 15 is 12.8 Å². The van der Waals surface area contributed by atoms with Gasteiger partial charge in [-0.25, -0.2) is 12.8 Å². The number of rotatable bonds is 9. The van der Waals surface area contributed by atoms with Crippen molar-refractivity contribution in [3.05, 3.63) is 93.7 Å². The number of anilines is 4. The van der Waals surface area contributed by atoms with Gasteiger partial charge in [0.2, 0.25) is 15.7 Å². The number of sulfone groups is 1. The first-order chi connectivity index (χ1) is 34.3. The van der Waals surface area contributed by atoms with Crippen molar-refractivity contribution in [2.75, 3.05) is 81.0 Å². The number of nitro benzene ring substituents is 1. The summed E-state index contributed by atoms with van der Waals surface area (Å²) in [5.74, 6) is -0.777. The maximum atomic E-state index is 16.3. The lowest BCUT2D eigenvalue weighted by atomic mass is 9.59. The van der Waals surface area contributed by atoms with Gasteiger partial charge in [0, 0.05) is 82.1 Å². The number of primary amides is 1. The average molecular weight is 993 g/mol. The molecule has 8 heterocycles. The number of aryl methyl sites for hydroxylation is 1. The van der Waals surface area contributed by atoms with Crippen molar-refractivity contribution in [2.45, 2.75) is 97.6 Å². The molecule has 1 spiro atoms. The van der Waals surface area contributed by atoms with E-state index in [4.69, 9.17) is 34.4 Å². The normalized spacial score (nSPS) is 25.2. The fraction of sp³-hybridized carbons (Fsp3) is 0.490. The van der Waals surface area contributed by atoms with E-state index in [1.54, 1.807) is 18.3 Å². The predicted molar refractivity (Wildman–Crippen MR) is 261 cm³/mol. The molecule has 18 nitrogen and oxygen atoms in total. The summed E-state index contributed by atoms with van der Waals surface area (Å²) in [6.45, 7) is 5.99. The van der Waals surface area contributed by atoms with Crippen LogP contribution in [-0.2, 0) is 24.0 Å². The minimum Gasteiger partial charge on any atom is -0.489 e. The van der Waals surface area contributed by atoms with Crippen molar-refractivity contribution in [1.29, 1.82) is 0 Å². The van der Waals surface area contributed by atoms with Crippen molar-refractivity contribution in [1.82, 2.24) is 14.9 Å². The van der Waals surface area contributed by atoms with E-state index in [2.05, 4.69) is 51.3 Å². The molecule has 0 radical (unpaired) electrons. The number of hydrogen-bond acceptors (Lipinski definition) is 15. The smallest absolute Gasteiger partial charge is 0.297 e. The summed E-state index contributed by atoms with van der Waals surface area (Å²) >= 11 is 0. The molecule has 5 fully saturated rings. The van der Waals surface area contributed by atoms with Crippen LogP contribution >= 0.6 is 0 Å². The maximum Gasteiger partial charge on any atom is 0.297 e. The Bertz CT molecular complexity index is 3040.